The summed E-state index contributed by atoms with van der Waals surface area (Å²) in [6.07, 6.45) is 1.41. The lowest BCUT2D eigenvalue weighted by Gasteiger charge is -2.24. The summed E-state index contributed by atoms with van der Waals surface area (Å²) in [6, 6.07) is 1.42. The zero-order chi connectivity index (χ0) is 17.7. The normalized spacial score (nSPS) is 27.4. The first-order valence-corrected chi connectivity index (χ1v) is 9.17. The van der Waals surface area contributed by atoms with E-state index in [9.17, 15) is 23.1 Å². The van der Waals surface area contributed by atoms with Crippen LogP contribution >= 0.6 is 0 Å². The molecule has 1 amide bonds. The summed E-state index contributed by atoms with van der Waals surface area (Å²) < 4.78 is 28.3. The van der Waals surface area contributed by atoms with Gasteiger partial charge in [-0.15, -0.1) is 0 Å². The molecular formula is C14H20N4O5S. The van der Waals surface area contributed by atoms with Crippen LogP contribution in [0.5, 0.6) is 0 Å². The van der Waals surface area contributed by atoms with E-state index < -0.39 is 27.3 Å². The Morgan fingerprint density at radius 2 is 2.08 bits per heavy atom. The predicted molar refractivity (Wildman–Crippen MR) is 82.5 cm³/mol. The van der Waals surface area contributed by atoms with E-state index in [0.29, 0.717) is 6.54 Å². The van der Waals surface area contributed by atoms with Crippen LogP contribution in [0.15, 0.2) is 17.3 Å². The van der Waals surface area contributed by atoms with Gasteiger partial charge in [0.25, 0.3) is 10.0 Å². The molecule has 1 aromatic rings. The van der Waals surface area contributed by atoms with Crippen molar-refractivity contribution in [1.29, 1.82) is 0 Å². The number of sulfonamides is 1. The molecule has 1 N–H and O–H groups in total. The van der Waals surface area contributed by atoms with Gasteiger partial charge in [0.1, 0.15) is 5.41 Å². The number of carboxylic acids is 1. The highest BCUT2D eigenvalue weighted by Crippen LogP contribution is 2.44. The third kappa shape index (κ3) is 2.32. The Labute approximate surface area is 139 Å². The monoisotopic (exact) mass is 356 g/mol. The second-order valence-corrected chi connectivity index (χ2v) is 8.23. The van der Waals surface area contributed by atoms with Crippen molar-refractivity contribution in [3.8, 4) is 0 Å². The van der Waals surface area contributed by atoms with Crippen molar-refractivity contribution in [3.63, 3.8) is 0 Å². The maximum Gasteiger partial charge on any atom is 0.313 e. The van der Waals surface area contributed by atoms with Gasteiger partial charge in [-0.3, -0.25) is 14.3 Å². The Morgan fingerprint density at radius 3 is 2.62 bits per heavy atom. The summed E-state index contributed by atoms with van der Waals surface area (Å²) in [5, 5.41) is 13.7. The highest BCUT2D eigenvalue weighted by Gasteiger charge is 2.60. The summed E-state index contributed by atoms with van der Waals surface area (Å²) in [4.78, 5) is 24.9. The predicted octanol–water partition coefficient (Wildman–Crippen LogP) is -0.543. The molecule has 2 atom stereocenters. The topological polar surface area (TPSA) is 113 Å². The van der Waals surface area contributed by atoms with Gasteiger partial charge in [0.05, 0.1) is 6.20 Å². The van der Waals surface area contributed by atoms with Gasteiger partial charge in [0.15, 0.2) is 5.03 Å². The first kappa shape index (κ1) is 16.9. The summed E-state index contributed by atoms with van der Waals surface area (Å²) >= 11 is 0. The molecule has 0 saturated carbocycles. The number of likely N-dealkylation sites (tertiary alicyclic amines) is 1. The van der Waals surface area contributed by atoms with E-state index >= 15 is 0 Å². The fourth-order valence-corrected chi connectivity index (χ4v) is 5.37. The first-order valence-electron chi connectivity index (χ1n) is 7.73. The number of aliphatic carboxylic acids is 1. The van der Waals surface area contributed by atoms with E-state index in [1.54, 1.807) is 6.92 Å². The molecule has 2 saturated heterocycles. The molecule has 0 spiro atoms. The minimum absolute atomic E-state index is 0.0430. The molecule has 132 valence electrons. The molecule has 0 aliphatic carbocycles. The van der Waals surface area contributed by atoms with E-state index in [2.05, 4.69) is 5.10 Å². The van der Waals surface area contributed by atoms with Gasteiger partial charge in [0.2, 0.25) is 5.91 Å². The van der Waals surface area contributed by atoms with E-state index in [4.69, 9.17) is 0 Å². The number of fused-ring (bicyclic) bond motifs is 1. The number of aryl methyl sites for hydroxylation is 1. The number of carboxylic acid groups (broad SMARTS) is 1. The van der Waals surface area contributed by atoms with Gasteiger partial charge < -0.3 is 10.0 Å². The molecule has 24 heavy (non-hydrogen) atoms. The number of hydrogen-bond acceptors (Lipinski definition) is 5. The van der Waals surface area contributed by atoms with Crippen LogP contribution in [0.4, 0.5) is 0 Å². The number of carbonyl (C=O) groups excluding carboxylic acids is 1. The van der Waals surface area contributed by atoms with Crippen molar-refractivity contribution in [2.45, 2.75) is 25.4 Å². The average Bonchev–Trinajstić information content (AvgIpc) is 3.19. The summed E-state index contributed by atoms with van der Waals surface area (Å²) in [6.45, 7) is 3.85. The third-order valence-corrected chi connectivity index (χ3v) is 6.86. The van der Waals surface area contributed by atoms with Crippen LogP contribution in [0, 0.1) is 11.3 Å². The van der Waals surface area contributed by atoms with Crippen molar-refractivity contribution in [2.75, 3.05) is 26.2 Å². The minimum atomic E-state index is -3.82. The Kier molecular flexibility index (Phi) is 3.91. The quantitative estimate of drug-likeness (QED) is 0.775. The minimum Gasteiger partial charge on any atom is -0.481 e. The Balaban J connectivity index is 1.92. The molecule has 9 nitrogen and oxygen atoms in total. The van der Waals surface area contributed by atoms with E-state index in [1.165, 1.54) is 33.1 Å². The van der Waals surface area contributed by atoms with Crippen LogP contribution in [0.2, 0.25) is 0 Å². The number of hydrogen-bond donors (Lipinski definition) is 1. The Hall–Kier alpha value is -1.94. The van der Waals surface area contributed by atoms with Crippen LogP contribution < -0.4 is 0 Å². The standard InChI is InChI=1S/C14H20N4O5S/c1-3-18-12(4-5-15-18)24(22,23)17-7-11-6-16(10(2)19)8-14(11,9-17)13(20)21/h4-5,11H,3,6-9H2,1-2H3,(H,20,21)/t11-,14-/m0/s1. The Morgan fingerprint density at radius 1 is 1.38 bits per heavy atom. The molecule has 2 aliphatic heterocycles. The van der Waals surface area contributed by atoms with Gasteiger partial charge in [-0.2, -0.15) is 9.40 Å². The number of amides is 1. The highest BCUT2D eigenvalue weighted by molar-refractivity contribution is 7.89. The molecule has 0 bridgehead atoms. The van der Waals surface area contributed by atoms with Gasteiger partial charge in [-0.25, -0.2) is 8.42 Å². The van der Waals surface area contributed by atoms with Gasteiger partial charge in [0, 0.05) is 45.6 Å². The SMILES string of the molecule is CCn1nccc1S(=O)(=O)N1C[C@@H]2CN(C(C)=O)C[C@]2(C(=O)O)C1. The van der Waals surface area contributed by atoms with Gasteiger partial charge in [-0.05, 0) is 13.0 Å². The average molecular weight is 356 g/mol. The van der Waals surface area contributed by atoms with Gasteiger partial charge in [-0.1, -0.05) is 0 Å². The van der Waals surface area contributed by atoms with Crippen LogP contribution in [-0.4, -0.2) is 70.6 Å². The zero-order valence-electron chi connectivity index (χ0n) is 13.5. The molecule has 0 radical (unpaired) electrons. The van der Waals surface area contributed by atoms with E-state index in [0.717, 1.165) is 0 Å². The van der Waals surface area contributed by atoms with Crippen molar-refractivity contribution >= 4 is 21.9 Å². The smallest absolute Gasteiger partial charge is 0.313 e. The van der Waals surface area contributed by atoms with Crippen LogP contribution in [-0.2, 0) is 26.2 Å². The number of carbonyl (C=O) groups is 2. The molecule has 3 heterocycles. The van der Waals surface area contributed by atoms with E-state index in [1.807, 2.05) is 0 Å². The number of rotatable bonds is 4. The molecule has 2 fully saturated rings. The fourth-order valence-electron chi connectivity index (χ4n) is 3.65. The maximum absolute atomic E-state index is 12.9. The lowest BCUT2D eigenvalue weighted by molar-refractivity contribution is -0.148. The Bertz CT molecular complexity index is 789. The summed E-state index contributed by atoms with van der Waals surface area (Å²) in [5.74, 6) is -1.66. The second-order valence-electron chi connectivity index (χ2n) is 6.34. The molecule has 1 aromatic heterocycles. The van der Waals surface area contributed by atoms with Crippen molar-refractivity contribution in [1.82, 2.24) is 19.0 Å². The molecule has 0 aromatic carbocycles. The van der Waals surface area contributed by atoms with Crippen LogP contribution in [0.1, 0.15) is 13.8 Å². The first-order chi connectivity index (χ1) is 11.2. The molecule has 3 rings (SSSR count). The lowest BCUT2D eigenvalue weighted by Crippen LogP contribution is -2.42. The van der Waals surface area contributed by atoms with Crippen molar-refractivity contribution in [2.24, 2.45) is 11.3 Å². The molecule has 10 heteroatoms. The third-order valence-electron chi connectivity index (χ3n) is 5.03. The molecule has 0 unspecified atom stereocenters. The highest BCUT2D eigenvalue weighted by atomic mass is 32.2. The zero-order valence-corrected chi connectivity index (χ0v) is 14.4. The largest absolute Gasteiger partial charge is 0.481 e. The fraction of sp³-hybridized carbons (Fsp3) is 0.643. The number of nitrogens with zero attached hydrogens (tertiary/aromatic N) is 4. The molecular weight excluding hydrogens is 336 g/mol. The van der Waals surface area contributed by atoms with E-state index in [-0.39, 0.29) is 37.1 Å². The number of aromatic nitrogens is 2. The van der Waals surface area contributed by atoms with Gasteiger partial charge >= 0.3 is 5.97 Å². The maximum atomic E-state index is 12.9. The summed E-state index contributed by atoms with van der Waals surface area (Å²) in [5.41, 5.74) is -1.24. The van der Waals surface area contributed by atoms with Crippen LogP contribution in [0.3, 0.4) is 0 Å². The summed E-state index contributed by atoms with van der Waals surface area (Å²) in [7, 11) is -3.82. The van der Waals surface area contributed by atoms with Crippen molar-refractivity contribution in [3.05, 3.63) is 12.3 Å². The second kappa shape index (κ2) is 5.55. The van der Waals surface area contributed by atoms with Crippen molar-refractivity contribution < 1.29 is 23.1 Å². The van der Waals surface area contributed by atoms with Crippen LogP contribution in [0.25, 0.3) is 0 Å². The molecule has 2 aliphatic rings. The lowest BCUT2D eigenvalue weighted by atomic mass is 9.81.